The van der Waals surface area contributed by atoms with Gasteiger partial charge >= 0.3 is 0 Å². The molecule has 5 rings (SSSR count). The lowest BCUT2D eigenvalue weighted by Crippen LogP contribution is -2.38. The first-order chi connectivity index (χ1) is 15.7. The Hall–Kier alpha value is -2.37. The van der Waals surface area contributed by atoms with Crippen LogP contribution in [0, 0.1) is 0 Å². The van der Waals surface area contributed by atoms with Crippen molar-refractivity contribution in [3.05, 3.63) is 64.7 Å². The molecule has 2 N–H and O–H groups in total. The molecule has 0 saturated carbocycles. The number of ether oxygens (including phenoxy) is 2. The first-order valence-corrected chi connectivity index (χ1v) is 12.2. The second-order valence-electron chi connectivity index (χ2n) is 9.46. The van der Waals surface area contributed by atoms with Crippen molar-refractivity contribution in [1.82, 2.24) is 10.6 Å². The second kappa shape index (κ2) is 10.1. The van der Waals surface area contributed by atoms with E-state index < -0.39 is 0 Å². The molecule has 0 unspecified atom stereocenters. The summed E-state index contributed by atoms with van der Waals surface area (Å²) in [5, 5.41) is 6.76. The third kappa shape index (κ3) is 5.16. The Morgan fingerprint density at radius 3 is 2.75 bits per heavy atom. The first-order valence-electron chi connectivity index (χ1n) is 12.2. The average Bonchev–Trinajstić information content (AvgIpc) is 3.37. The fraction of sp³-hybridized carbons (Fsp3) is 0.519. The van der Waals surface area contributed by atoms with E-state index in [-0.39, 0.29) is 18.1 Å². The molecular weight excluding hydrogens is 400 g/mol. The molecule has 0 radical (unpaired) electrons. The molecule has 2 aromatic carbocycles. The fourth-order valence-corrected chi connectivity index (χ4v) is 5.22. The molecular formula is C27H34N2O3. The lowest BCUT2D eigenvalue weighted by molar-refractivity contribution is 0.0679. The minimum absolute atomic E-state index is 0.00553. The Balaban J connectivity index is 1.14. The van der Waals surface area contributed by atoms with E-state index in [0.29, 0.717) is 18.1 Å². The molecule has 3 atom stereocenters. The molecule has 0 aromatic heterocycles. The first kappa shape index (κ1) is 21.5. The highest BCUT2D eigenvalue weighted by molar-refractivity contribution is 5.94. The van der Waals surface area contributed by atoms with Crippen LogP contribution in [0.15, 0.2) is 42.5 Å². The van der Waals surface area contributed by atoms with E-state index in [1.54, 1.807) is 0 Å². The fourth-order valence-electron chi connectivity index (χ4n) is 5.22. The van der Waals surface area contributed by atoms with Crippen LogP contribution in [-0.4, -0.2) is 44.4 Å². The van der Waals surface area contributed by atoms with Crippen LogP contribution in [0.4, 0.5) is 0 Å². The summed E-state index contributed by atoms with van der Waals surface area (Å²) < 4.78 is 11.4. The quantitative estimate of drug-likeness (QED) is 0.722. The molecule has 0 bridgehead atoms. The van der Waals surface area contributed by atoms with Crippen molar-refractivity contribution in [3.63, 3.8) is 0 Å². The molecule has 2 fully saturated rings. The summed E-state index contributed by atoms with van der Waals surface area (Å²) >= 11 is 0. The summed E-state index contributed by atoms with van der Waals surface area (Å²) in [4.78, 5) is 12.8. The van der Waals surface area contributed by atoms with Crippen LogP contribution in [0.2, 0.25) is 0 Å². The monoisotopic (exact) mass is 434 g/mol. The topological polar surface area (TPSA) is 59.6 Å². The number of piperidine rings is 1. The predicted molar refractivity (Wildman–Crippen MR) is 125 cm³/mol. The number of aryl methyl sites for hydroxylation is 1. The van der Waals surface area contributed by atoms with Gasteiger partial charge in [0.2, 0.25) is 0 Å². The van der Waals surface area contributed by atoms with Gasteiger partial charge in [-0.2, -0.15) is 0 Å². The Kier molecular flexibility index (Phi) is 6.75. The van der Waals surface area contributed by atoms with Gasteiger partial charge in [0.25, 0.3) is 5.91 Å². The number of amides is 1. The summed E-state index contributed by atoms with van der Waals surface area (Å²) in [6.07, 6.45) is 7.84. The zero-order valence-corrected chi connectivity index (χ0v) is 18.8. The van der Waals surface area contributed by atoms with E-state index in [9.17, 15) is 4.79 Å². The van der Waals surface area contributed by atoms with E-state index in [0.717, 1.165) is 57.6 Å². The Bertz CT molecular complexity index is 915. The van der Waals surface area contributed by atoms with Crippen molar-refractivity contribution in [1.29, 1.82) is 0 Å². The summed E-state index contributed by atoms with van der Waals surface area (Å²) in [6.45, 7) is 3.65. The number of carbonyl (C=O) groups excluding carboxylic acids is 1. The van der Waals surface area contributed by atoms with Gasteiger partial charge in [-0.25, -0.2) is 0 Å². The van der Waals surface area contributed by atoms with Gasteiger partial charge in [-0.15, -0.1) is 0 Å². The van der Waals surface area contributed by atoms with Gasteiger partial charge in [0.05, 0.1) is 6.10 Å². The van der Waals surface area contributed by atoms with Crippen LogP contribution in [0.25, 0.3) is 0 Å². The maximum absolute atomic E-state index is 12.8. The molecule has 2 heterocycles. The molecule has 5 heteroatoms. The second-order valence-corrected chi connectivity index (χ2v) is 9.46. The van der Waals surface area contributed by atoms with Gasteiger partial charge in [0.15, 0.2) is 0 Å². The van der Waals surface area contributed by atoms with Crippen LogP contribution in [0.1, 0.15) is 65.1 Å². The van der Waals surface area contributed by atoms with Crippen molar-refractivity contribution < 1.29 is 14.3 Å². The number of rotatable bonds is 6. The molecule has 2 aliphatic heterocycles. The van der Waals surface area contributed by atoms with Gasteiger partial charge in [-0.3, -0.25) is 4.79 Å². The van der Waals surface area contributed by atoms with Crippen LogP contribution >= 0.6 is 0 Å². The normalized spacial score (nSPS) is 25.2. The molecule has 5 nitrogen and oxygen atoms in total. The molecule has 2 saturated heterocycles. The van der Waals surface area contributed by atoms with Crippen LogP contribution in [0.3, 0.4) is 0 Å². The summed E-state index contributed by atoms with van der Waals surface area (Å²) in [5.74, 6) is 1.42. The van der Waals surface area contributed by atoms with Gasteiger partial charge in [-0.1, -0.05) is 18.2 Å². The smallest absolute Gasteiger partial charge is 0.251 e. The van der Waals surface area contributed by atoms with E-state index in [4.69, 9.17) is 9.47 Å². The van der Waals surface area contributed by atoms with Crippen LogP contribution in [0.5, 0.6) is 5.75 Å². The molecule has 170 valence electrons. The Morgan fingerprint density at radius 2 is 1.97 bits per heavy atom. The van der Waals surface area contributed by atoms with E-state index in [1.807, 2.05) is 24.3 Å². The summed E-state index contributed by atoms with van der Waals surface area (Å²) in [7, 11) is 0. The van der Waals surface area contributed by atoms with Crippen LogP contribution < -0.4 is 15.4 Å². The van der Waals surface area contributed by atoms with Crippen molar-refractivity contribution >= 4 is 5.91 Å². The molecule has 1 amide bonds. The van der Waals surface area contributed by atoms with Gasteiger partial charge in [0, 0.05) is 24.8 Å². The van der Waals surface area contributed by atoms with Crippen molar-refractivity contribution in [3.8, 4) is 5.75 Å². The molecule has 2 aromatic rings. The lowest BCUT2D eigenvalue weighted by Gasteiger charge is -2.28. The minimum Gasteiger partial charge on any atom is -0.491 e. The number of fused-ring (bicyclic) bond motifs is 1. The SMILES string of the molecule is O=C(N[C@H]1CCc2cc([C@H]3CCCNC3)ccc2C1)c1ccc(OC[C@@H]2CCCO2)cc1. The highest BCUT2D eigenvalue weighted by Crippen LogP contribution is 2.29. The lowest BCUT2D eigenvalue weighted by atomic mass is 9.83. The molecule has 3 aliphatic rings. The maximum Gasteiger partial charge on any atom is 0.251 e. The highest BCUT2D eigenvalue weighted by Gasteiger charge is 2.23. The number of hydrogen-bond donors (Lipinski definition) is 2. The third-order valence-corrected chi connectivity index (χ3v) is 7.14. The van der Waals surface area contributed by atoms with Gasteiger partial charge in [-0.05, 0) is 98.4 Å². The molecule has 1 aliphatic carbocycles. The maximum atomic E-state index is 12.8. The number of hydrogen-bond acceptors (Lipinski definition) is 4. The van der Waals surface area contributed by atoms with Gasteiger partial charge < -0.3 is 20.1 Å². The highest BCUT2D eigenvalue weighted by atomic mass is 16.5. The minimum atomic E-state index is -0.00553. The van der Waals surface area contributed by atoms with Crippen molar-refractivity contribution in [2.75, 3.05) is 26.3 Å². The standard InChI is InChI=1S/C27H34N2O3/c30-27(19-8-11-25(12-9-19)32-18-26-4-2-14-31-26)29-24-10-7-20-15-21(5-6-22(20)16-24)23-3-1-13-28-17-23/h5-6,8-9,11-12,15,23-24,26,28H,1-4,7,10,13-14,16-18H2,(H,29,30)/t23-,24-,26-/m0/s1. The number of benzene rings is 2. The Morgan fingerprint density at radius 1 is 1.06 bits per heavy atom. The predicted octanol–water partition coefficient (Wildman–Crippen LogP) is 4.00. The largest absolute Gasteiger partial charge is 0.491 e. The van der Waals surface area contributed by atoms with Gasteiger partial charge in [0.1, 0.15) is 12.4 Å². The zero-order valence-electron chi connectivity index (χ0n) is 18.8. The van der Waals surface area contributed by atoms with Crippen molar-refractivity contribution in [2.24, 2.45) is 0 Å². The van der Waals surface area contributed by atoms with Crippen molar-refractivity contribution in [2.45, 2.75) is 63.0 Å². The van der Waals surface area contributed by atoms with E-state index in [1.165, 1.54) is 29.5 Å². The number of carbonyl (C=O) groups is 1. The Labute approximate surface area is 190 Å². The summed E-state index contributed by atoms with van der Waals surface area (Å²) in [6, 6.07) is 14.6. The molecule has 32 heavy (non-hydrogen) atoms. The molecule has 0 spiro atoms. The zero-order chi connectivity index (χ0) is 21.8. The third-order valence-electron chi connectivity index (χ3n) is 7.14. The van der Waals surface area contributed by atoms with Crippen LogP contribution in [-0.2, 0) is 17.6 Å². The average molecular weight is 435 g/mol. The number of nitrogens with one attached hydrogen (secondary N) is 2. The van der Waals surface area contributed by atoms with E-state index >= 15 is 0 Å². The van der Waals surface area contributed by atoms with E-state index in [2.05, 4.69) is 28.8 Å². The summed E-state index contributed by atoms with van der Waals surface area (Å²) in [5.41, 5.74) is 5.00.